The zero-order chi connectivity index (χ0) is 13.2. The van der Waals surface area contributed by atoms with Crippen molar-refractivity contribution in [1.82, 2.24) is 4.72 Å². The van der Waals surface area contributed by atoms with Crippen molar-refractivity contribution in [3.05, 3.63) is 17.0 Å². The molecule has 0 unspecified atom stereocenters. The Kier molecular flexibility index (Phi) is 4.29. The molecule has 0 spiro atoms. The SMILES string of the molecule is Cc1ccsc1S(=O)(=O)N[C@H](C(=O)O)C(C)C. The Morgan fingerprint density at radius 2 is 2.06 bits per heavy atom. The quantitative estimate of drug-likeness (QED) is 0.853. The summed E-state index contributed by atoms with van der Waals surface area (Å²) in [7, 11) is -3.75. The summed E-state index contributed by atoms with van der Waals surface area (Å²) in [6.07, 6.45) is 0. The van der Waals surface area contributed by atoms with Gasteiger partial charge >= 0.3 is 5.97 Å². The van der Waals surface area contributed by atoms with Crippen LogP contribution in [0, 0.1) is 12.8 Å². The molecule has 1 heterocycles. The highest BCUT2D eigenvalue weighted by molar-refractivity contribution is 7.91. The molecule has 0 fully saturated rings. The van der Waals surface area contributed by atoms with Gasteiger partial charge in [0.05, 0.1) is 0 Å². The lowest BCUT2D eigenvalue weighted by molar-refractivity contribution is -0.140. The number of thiophene rings is 1. The first-order valence-electron chi connectivity index (χ1n) is 5.05. The maximum Gasteiger partial charge on any atom is 0.322 e. The van der Waals surface area contributed by atoms with Crippen molar-refractivity contribution < 1.29 is 18.3 Å². The second-order valence-corrected chi connectivity index (χ2v) is 6.90. The molecule has 0 amide bonds. The largest absolute Gasteiger partial charge is 0.480 e. The van der Waals surface area contributed by atoms with Crippen LogP contribution >= 0.6 is 11.3 Å². The van der Waals surface area contributed by atoms with Crippen molar-refractivity contribution in [2.24, 2.45) is 5.92 Å². The molecule has 1 aromatic heterocycles. The maximum atomic E-state index is 12.0. The summed E-state index contributed by atoms with van der Waals surface area (Å²) >= 11 is 1.08. The summed E-state index contributed by atoms with van der Waals surface area (Å²) in [5.74, 6) is -1.49. The summed E-state index contributed by atoms with van der Waals surface area (Å²) in [6.45, 7) is 4.99. The second-order valence-electron chi connectivity index (χ2n) is 4.07. The van der Waals surface area contributed by atoms with Crippen molar-refractivity contribution in [3.8, 4) is 0 Å². The highest BCUT2D eigenvalue weighted by Crippen LogP contribution is 2.22. The first-order chi connectivity index (χ1) is 7.75. The van der Waals surface area contributed by atoms with Crippen molar-refractivity contribution >= 4 is 27.3 Å². The maximum absolute atomic E-state index is 12.0. The number of aliphatic carboxylic acids is 1. The molecule has 0 aromatic carbocycles. The van der Waals surface area contributed by atoms with Crippen LogP contribution in [0.2, 0.25) is 0 Å². The summed E-state index contributed by atoms with van der Waals surface area (Å²) in [6, 6.07) is 0.575. The van der Waals surface area contributed by atoms with Crippen molar-refractivity contribution in [2.45, 2.75) is 31.0 Å². The summed E-state index contributed by atoms with van der Waals surface area (Å²) < 4.78 is 26.3. The third-order valence-corrected chi connectivity index (χ3v) is 5.40. The number of sulfonamides is 1. The zero-order valence-electron chi connectivity index (χ0n) is 9.80. The van der Waals surface area contributed by atoms with Gasteiger partial charge in [0.25, 0.3) is 10.0 Å². The Hall–Kier alpha value is -0.920. The Bertz CT molecular complexity index is 504. The van der Waals surface area contributed by atoms with Gasteiger partial charge in [-0.05, 0) is 29.9 Å². The molecule has 7 heteroatoms. The molecular formula is C10H15NO4S2. The highest BCUT2D eigenvalue weighted by Gasteiger charge is 2.29. The van der Waals surface area contributed by atoms with E-state index in [1.807, 2.05) is 0 Å². The predicted molar refractivity (Wildman–Crippen MR) is 65.6 cm³/mol. The monoisotopic (exact) mass is 277 g/mol. The predicted octanol–water partition coefficient (Wildman–Crippen LogP) is 1.44. The van der Waals surface area contributed by atoms with E-state index in [9.17, 15) is 13.2 Å². The van der Waals surface area contributed by atoms with E-state index in [1.54, 1.807) is 32.2 Å². The molecule has 96 valence electrons. The number of aryl methyl sites for hydroxylation is 1. The average Bonchev–Trinajstić information content (AvgIpc) is 2.60. The standard InChI is InChI=1S/C10H15NO4S2/c1-6(2)8(9(12)13)11-17(14,15)10-7(3)4-5-16-10/h4-6,8,11H,1-3H3,(H,12,13)/t8-/m0/s1. The molecule has 0 bridgehead atoms. The summed E-state index contributed by atoms with van der Waals surface area (Å²) in [4.78, 5) is 10.9. The van der Waals surface area contributed by atoms with E-state index < -0.39 is 22.0 Å². The minimum atomic E-state index is -3.75. The van der Waals surface area contributed by atoms with Crippen LogP contribution in [-0.4, -0.2) is 25.5 Å². The number of carboxylic acid groups (broad SMARTS) is 1. The molecule has 1 aromatic rings. The van der Waals surface area contributed by atoms with Crippen LogP contribution in [-0.2, 0) is 14.8 Å². The third-order valence-electron chi connectivity index (χ3n) is 2.27. The molecule has 17 heavy (non-hydrogen) atoms. The molecule has 0 aliphatic carbocycles. The van der Waals surface area contributed by atoms with E-state index in [2.05, 4.69) is 4.72 Å². The molecular weight excluding hydrogens is 262 g/mol. The normalized spacial score (nSPS) is 13.9. The lowest BCUT2D eigenvalue weighted by Crippen LogP contribution is -2.44. The summed E-state index contributed by atoms with van der Waals surface area (Å²) in [5, 5.41) is 10.6. The Labute approximate surface area is 105 Å². The van der Waals surface area contributed by atoms with E-state index in [-0.39, 0.29) is 10.1 Å². The molecule has 1 rings (SSSR count). The van der Waals surface area contributed by atoms with Gasteiger partial charge in [0.15, 0.2) is 0 Å². The van der Waals surface area contributed by atoms with Gasteiger partial charge < -0.3 is 5.11 Å². The topological polar surface area (TPSA) is 83.5 Å². The van der Waals surface area contributed by atoms with Gasteiger partial charge in [-0.1, -0.05) is 13.8 Å². The van der Waals surface area contributed by atoms with Gasteiger partial charge in [-0.3, -0.25) is 4.79 Å². The molecule has 0 saturated carbocycles. The molecule has 5 nitrogen and oxygen atoms in total. The van der Waals surface area contributed by atoms with Crippen LogP contribution in [0.25, 0.3) is 0 Å². The fourth-order valence-corrected chi connectivity index (χ4v) is 4.10. The van der Waals surface area contributed by atoms with Crippen LogP contribution in [0.5, 0.6) is 0 Å². The summed E-state index contributed by atoms with van der Waals surface area (Å²) in [5.41, 5.74) is 0.621. The fraction of sp³-hybridized carbons (Fsp3) is 0.500. The van der Waals surface area contributed by atoms with Crippen molar-refractivity contribution in [3.63, 3.8) is 0 Å². The van der Waals surface area contributed by atoms with Crippen LogP contribution in [0.1, 0.15) is 19.4 Å². The molecule has 2 N–H and O–H groups in total. The zero-order valence-corrected chi connectivity index (χ0v) is 11.4. The number of carboxylic acids is 1. The Morgan fingerprint density at radius 3 is 2.41 bits per heavy atom. The number of carbonyl (C=O) groups is 1. The molecule has 0 radical (unpaired) electrons. The van der Waals surface area contributed by atoms with Gasteiger partial charge in [0, 0.05) is 0 Å². The minimum absolute atomic E-state index is 0.171. The number of nitrogens with one attached hydrogen (secondary N) is 1. The lowest BCUT2D eigenvalue weighted by Gasteiger charge is -2.17. The van der Waals surface area contributed by atoms with Gasteiger partial charge in [-0.2, -0.15) is 4.72 Å². The molecule has 1 atom stereocenters. The smallest absolute Gasteiger partial charge is 0.322 e. The van der Waals surface area contributed by atoms with Gasteiger partial charge in [-0.15, -0.1) is 11.3 Å². The lowest BCUT2D eigenvalue weighted by atomic mass is 10.1. The fourth-order valence-electron chi connectivity index (χ4n) is 1.33. The second kappa shape index (κ2) is 5.16. The molecule has 0 saturated heterocycles. The van der Waals surface area contributed by atoms with Crippen LogP contribution in [0.3, 0.4) is 0 Å². The van der Waals surface area contributed by atoms with E-state index >= 15 is 0 Å². The van der Waals surface area contributed by atoms with Crippen molar-refractivity contribution in [2.75, 3.05) is 0 Å². The van der Waals surface area contributed by atoms with Crippen LogP contribution < -0.4 is 4.72 Å². The number of rotatable bonds is 5. The highest BCUT2D eigenvalue weighted by atomic mass is 32.2. The van der Waals surface area contributed by atoms with Crippen LogP contribution in [0.4, 0.5) is 0 Å². The van der Waals surface area contributed by atoms with E-state index in [0.717, 1.165) is 11.3 Å². The van der Waals surface area contributed by atoms with Gasteiger partial charge in [-0.25, -0.2) is 8.42 Å². The molecule has 0 aliphatic heterocycles. The first-order valence-corrected chi connectivity index (χ1v) is 7.41. The van der Waals surface area contributed by atoms with Gasteiger partial charge in [0.1, 0.15) is 10.3 Å². The minimum Gasteiger partial charge on any atom is -0.480 e. The van der Waals surface area contributed by atoms with Crippen molar-refractivity contribution in [1.29, 1.82) is 0 Å². The third kappa shape index (κ3) is 3.27. The van der Waals surface area contributed by atoms with E-state index in [1.165, 1.54) is 0 Å². The Balaban J connectivity index is 3.01. The van der Waals surface area contributed by atoms with E-state index in [0.29, 0.717) is 5.56 Å². The first kappa shape index (κ1) is 14.1. The average molecular weight is 277 g/mol. The van der Waals surface area contributed by atoms with Gasteiger partial charge in [0.2, 0.25) is 0 Å². The van der Waals surface area contributed by atoms with Crippen LogP contribution in [0.15, 0.2) is 15.7 Å². The molecule has 0 aliphatic rings. The Morgan fingerprint density at radius 1 is 1.47 bits per heavy atom. The number of hydrogen-bond donors (Lipinski definition) is 2. The number of hydrogen-bond acceptors (Lipinski definition) is 4. The van der Waals surface area contributed by atoms with E-state index in [4.69, 9.17) is 5.11 Å².